The van der Waals surface area contributed by atoms with E-state index in [1.165, 1.54) is 24.3 Å². The van der Waals surface area contributed by atoms with Crippen LogP contribution in [0.1, 0.15) is 5.69 Å². The van der Waals surface area contributed by atoms with Crippen LogP contribution >= 0.6 is 0 Å². The molecule has 10 heteroatoms. The topological polar surface area (TPSA) is 78.0 Å². The van der Waals surface area contributed by atoms with Crippen molar-refractivity contribution in [3.05, 3.63) is 60.3 Å². The summed E-state index contributed by atoms with van der Waals surface area (Å²) in [6.07, 6.45) is -4.61. The fourth-order valence-electron chi connectivity index (χ4n) is 2.42. The summed E-state index contributed by atoms with van der Waals surface area (Å²) >= 11 is 0. The van der Waals surface area contributed by atoms with E-state index in [0.717, 1.165) is 16.2 Å². The molecule has 5 nitrogen and oxygen atoms in total. The van der Waals surface area contributed by atoms with Gasteiger partial charge in [0.05, 0.1) is 16.3 Å². The molecule has 0 bridgehead atoms. The highest BCUT2D eigenvalue weighted by Crippen LogP contribution is 2.33. The Labute approximate surface area is 148 Å². The summed E-state index contributed by atoms with van der Waals surface area (Å²) in [5, 5.41) is 8.70. The molecule has 3 aromatic rings. The molecule has 2 N–H and O–H groups in total. The Balaban J connectivity index is 2.16. The highest BCUT2D eigenvalue weighted by Gasteiger charge is 2.35. The largest absolute Gasteiger partial charge is 0.435 e. The third-order valence-electron chi connectivity index (χ3n) is 3.76. The highest BCUT2D eigenvalue weighted by molar-refractivity contribution is 7.89. The summed E-state index contributed by atoms with van der Waals surface area (Å²) in [6.45, 7) is 0. The molecule has 0 unspecified atom stereocenters. The molecule has 0 aliphatic carbocycles. The van der Waals surface area contributed by atoms with Gasteiger partial charge >= 0.3 is 6.18 Å². The molecule has 0 amide bonds. The van der Waals surface area contributed by atoms with Crippen LogP contribution in [-0.2, 0) is 16.2 Å². The van der Waals surface area contributed by atoms with Gasteiger partial charge in [-0.25, -0.2) is 18.2 Å². The number of hydrogen-bond donors (Lipinski definition) is 1. The van der Waals surface area contributed by atoms with Crippen molar-refractivity contribution in [1.82, 2.24) is 9.78 Å². The van der Waals surface area contributed by atoms with Gasteiger partial charge in [0.15, 0.2) is 5.69 Å². The zero-order valence-electron chi connectivity index (χ0n) is 13.5. The lowest BCUT2D eigenvalue weighted by atomic mass is 9.95. The Morgan fingerprint density at radius 1 is 1.00 bits per heavy atom. The molecule has 3 rings (SSSR count). The smallest absolute Gasteiger partial charge is 0.233 e. The van der Waals surface area contributed by atoms with Gasteiger partial charge in [0.2, 0.25) is 10.0 Å². The van der Waals surface area contributed by atoms with E-state index < -0.39 is 21.9 Å². The van der Waals surface area contributed by atoms with Gasteiger partial charge in [-0.2, -0.15) is 18.3 Å². The van der Waals surface area contributed by atoms with Gasteiger partial charge in [0.1, 0.15) is 7.85 Å². The molecule has 0 spiro atoms. The van der Waals surface area contributed by atoms with Crippen molar-refractivity contribution in [3.8, 4) is 16.9 Å². The standard InChI is InChI=1S/C16H13BF3N3O2S/c17-11-3-1-10(2-4-11)14-9-15(16(18,19)20)22-23(14)12-5-7-13(8-6-12)26(21,24)25/h1-9H,17H2,(H2,21,24,25). The normalized spacial score (nSPS) is 12.3. The number of aromatic nitrogens is 2. The van der Waals surface area contributed by atoms with Gasteiger partial charge in [-0.05, 0) is 30.3 Å². The first-order chi connectivity index (χ1) is 12.1. The lowest BCUT2D eigenvalue weighted by Crippen LogP contribution is -2.12. The second-order valence-corrected chi connectivity index (χ2v) is 7.29. The van der Waals surface area contributed by atoms with Crippen molar-refractivity contribution in [3.63, 3.8) is 0 Å². The Hall–Kier alpha value is -2.59. The minimum absolute atomic E-state index is 0.138. The van der Waals surface area contributed by atoms with E-state index in [2.05, 4.69) is 5.10 Å². The first-order valence-corrected chi connectivity index (χ1v) is 8.98. The molecule has 2 aromatic carbocycles. The van der Waals surface area contributed by atoms with Crippen LogP contribution < -0.4 is 10.6 Å². The van der Waals surface area contributed by atoms with Crippen molar-refractivity contribution >= 4 is 23.3 Å². The third kappa shape index (κ3) is 3.66. The third-order valence-corrected chi connectivity index (χ3v) is 4.69. The predicted octanol–water partition coefficient (Wildman–Crippen LogP) is 1.46. The average molecular weight is 379 g/mol. The number of halogens is 3. The summed E-state index contributed by atoms with van der Waals surface area (Å²) in [4.78, 5) is -0.138. The van der Waals surface area contributed by atoms with E-state index >= 15 is 0 Å². The quantitative estimate of drug-likeness (QED) is 0.700. The van der Waals surface area contributed by atoms with Crippen molar-refractivity contribution in [1.29, 1.82) is 0 Å². The molecule has 0 fully saturated rings. The predicted molar refractivity (Wildman–Crippen MR) is 93.6 cm³/mol. The lowest BCUT2D eigenvalue weighted by Gasteiger charge is -2.09. The van der Waals surface area contributed by atoms with E-state index in [-0.39, 0.29) is 16.3 Å². The van der Waals surface area contributed by atoms with E-state index in [1.54, 1.807) is 24.3 Å². The van der Waals surface area contributed by atoms with Gasteiger partial charge in [-0.3, -0.25) is 0 Å². The number of benzene rings is 2. The number of nitrogens with two attached hydrogens (primary N) is 1. The second-order valence-electron chi connectivity index (χ2n) is 5.73. The van der Waals surface area contributed by atoms with Crippen molar-refractivity contribution < 1.29 is 21.6 Å². The minimum Gasteiger partial charge on any atom is -0.233 e. The molecule has 0 aliphatic heterocycles. The Morgan fingerprint density at radius 3 is 2.08 bits per heavy atom. The van der Waals surface area contributed by atoms with Crippen LogP contribution in [0.5, 0.6) is 0 Å². The summed E-state index contributed by atoms with van der Waals surface area (Å²) < 4.78 is 63.2. The van der Waals surface area contributed by atoms with Gasteiger partial charge in [-0.15, -0.1) is 0 Å². The van der Waals surface area contributed by atoms with Crippen LogP contribution in [0, 0.1) is 0 Å². The van der Waals surface area contributed by atoms with Crippen LogP contribution in [0.15, 0.2) is 59.5 Å². The fourth-order valence-corrected chi connectivity index (χ4v) is 2.94. The van der Waals surface area contributed by atoms with Crippen molar-refractivity contribution in [2.75, 3.05) is 0 Å². The van der Waals surface area contributed by atoms with E-state index in [4.69, 9.17) is 5.14 Å². The Kier molecular flexibility index (Phi) is 4.41. The maximum Gasteiger partial charge on any atom is 0.435 e. The molecule has 0 radical (unpaired) electrons. The Bertz CT molecular complexity index is 1040. The number of nitrogens with zero attached hydrogens (tertiary/aromatic N) is 2. The van der Waals surface area contributed by atoms with Gasteiger partial charge < -0.3 is 0 Å². The molecule has 26 heavy (non-hydrogen) atoms. The van der Waals surface area contributed by atoms with E-state index in [9.17, 15) is 21.6 Å². The summed E-state index contributed by atoms with van der Waals surface area (Å²) in [6, 6.07) is 13.1. The number of primary sulfonamides is 1. The molecule has 0 atom stereocenters. The first kappa shape index (κ1) is 18.2. The maximum absolute atomic E-state index is 13.1. The summed E-state index contributed by atoms with van der Waals surface area (Å²) in [7, 11) is -2.03. The number of hydrogen-bond acceptors (Lipinski definition) is 3. The monoisotopic (exact) mass is 379 g/mol. The van der Waals surface area contributed by atoms with Crippen LogP contribution in [0.2, 0.25) is 0 Å². The summed E-state index contributed by atoms with van der Waals surface area (Å²) in [5.74, 6) is 0. The van der Waals surface area contributed by atoms with Gasteiger partial charge in [-0.1, -0.05) is 29.7 Å². The van der Waals surface area contributed by atoms with Crippen LogP contribution in [0.3, 0.4) is 0 Å². The van der Waals surface area contributed by atoms with Gasteiger partial charge in [0.25, 0.3) is 0 Å². The molecular formula is C16H13BF3N3O2S. The van der Waals surface area contributed by atoms with E-state index in [1.807, 2.05) is 7.85 Å². The minimum atomic E-state index is -4.61. The van der Waals surface area contributed by atoms with Gasteiger partial charge in [0, 0.05) is 5.56 Å². The van der Waals surface area contributed by atoms with E-state index in [0.29, 0.717) is 5.56 Å². The zero-order chi connectivity index (χ0) is 19.1. The lowest BCUT2D eigenvalue weighted by molar-refractivity contribution is -0.141. The summed E-state index contributed by atoms with van der Waals surface area (Å²) in [5.41, 5.74) is 0.996. The maximum atomic E-state index is 13.1. The fraction of sp³-hybridized carbons (Fsp3) is 0.0625. The van der Waals surface area contributed by atoms with Crippen LogP contribution in [0.25, 0.3) is 16.9 Å². The molecule has 1 aromatic heterocycles. The highest BCUT2D eigenvalue weighted by atomic mass is 32.2. The van der Waals surface area contributed by atoms with Crippen molar-refractivity contribution in [2.24, 2.45) is 5.14 Å². The first-order valence-electron chi connectivity index (χ1n) is 7.43. The number of sulfonamides is 1. The second kappa shape index (κ2) is 6.29. The molecule has 0 aliphatic rings. The van der Waals surface area contributed by atoms with Crippen molar-refractivity contribution in [2.45, 2.75) is 11.1 Å². The molecule has 134 valence electrons. The number of rotatable bonds is 3. The number of alkyl halides is 3. The molecule has 0 saturated carbocycles. The van der Waals surface area contributed by atoms with Crippen LogP contribution in [0.4, 0.5) is 13.2 Å². The molecule has 0 saturated heterocycles. The SMILES string of the molecule is Bc1ccc(-c2cc(C(F)(F)F)nn2-c2ccc(S(N)(=O)=O)cc2)cc1. The molecular weight excluding hydrogens is 366 g/mol. The van der Waals surface area contributed by atoms with Crippen LogP contribution in [-0.4, -0.2) is 26.0 Å². The molecule has 1 heterocycles. The zero-order valence-corrected chi connectivity index (χ0v) is 14.3. The average Bonchev–Trinajstić information content (AvgIpc) is 3.00. The Morgan fingerprint density at radius 2 is 1.58 bits per heavy atom.